The molecule has 1 fully saturated rings. The van der Waals surface area contributed by atoms with Crippen molar-refractivity contribution in [2.24, 2.45) is 44.8 Å². The number of esters is 1. The number of rotatable bonds is 11. The van der Waals surface area contributed by atoms with Gasteiger partial charge in [-0.3, -0.25) is 14.4 Å². The average Bonchev–Trinajstić information content (AvgIpc) is 2.85. The van der Waals surface area contributed by atoms with Crippen LogP contribution < -0.4 is 0 Å². The number of nitriles is 1. The molecular weight excluding hydrogens is 498 g/mol. The Morgan fingerprint density at radius 2 is 1.77 bits per heavy atom. The molecule has 0 bridgehead atoms. The Labute approximate surface area is 244 Å². The molecule has 0 aliphatic heterocycles. The quantitative estimate of drug-likeness (QED) is 0.189. The Bertz CT molecular complexity index is 1100. The van der Waals surface area contributed by atoms with Crippen molar-refractivity contribution in [2.75, 3.05) is 7.11 Å². The summed E-state index contributed by atoms with van der Waals surface area (Å²) in [4.78, 5) is 38.8. The molecule has 224 valence electrons. The molecule has 0 aromatic rings. The standard InChI is InChI=1S/C35H55NO4/c1-13-16-31(4,5)21-26(30(39)40-12)23(2)14-17-32(6,7)35(11)18-15-27-33(8,9)29(38)25(22-36)20-34(27,10)28(35)19-24(3)37/h19-20,23,26-27H,13-18,21H2,1-12H3/b28-19-/t23?,26-,27+,34+,35-/m1/s1. The van der Waals surface area contributed by atoms with E-state index in [0.29, 0.717) is 0 Å². The molecule has 0 N–H and O–H groups in total. The lowest BCUT2D eigenvalue weighted by atomic mass is 9.42. The number of ketones is 2. The van der Waals surface area contributed by atoms with Gasteiger partial charge in [0, 0.05) is 10.8 Å². The summed E-state index contributed by atoms with van der Waals surface area (Å²) in [6.45, 7) is 23.3. The van der Waals surface area contributed by atoms with Gasteiger partial charge in [-0.15, -0.1) is 0 Å². The molecule has 40 heavy (non-hydrogen) atoms. The third-order valence-electron chi connectivity index (χ3n) is 11.1. The molecule has 0 amide bonds. The number of carbonyl (C=O) groups excluding carboxylic acids is 3. The van der Waals surface area contributed by atoms with E-state index in [9.17, 15) is 19.6 Å². The Balaban J connectivity index is 2.50. The van der Waals surface area contributed by atoms with Crippen molar-refractivity contribution < 1.29 is 19.1 Å². The SMILES string of the molecule is CCCC(C)(C)C[C@@H](C(=O)OC)C(C)CCC(C)(C)[C@]1(C)CC[C@H]2C(C)(C)C(=O)C(C#N)=C[C@]2(C)/C1=C/C(C)=O. The molecule has 0 spiro atoms. The number of allylic oxidation sites excluding steroid dienone is 4. The summed E-state index contributed by atoms with van der Waals surface area (Å²) >= 11 is 0. The van der Waals surface area contributed by atoms with E-state index in [1.165, 1.54) is 7.11 Å². The molecule has 2 aliphatic rings. The van der Waals surface area contributed by atoms with Crippen molar-refractivity contribution in [3.63, 3.8) is 0 Å². The van der Waals surface area contributed by atoms with Crippen molar-refractivity contribution in [3.8, 4) is 6.07 Å². The van der Waals surface area contributed by atoms with Gasteiger partial charge in [0.2, 0.25) is 0 Å². The average molecular weight is 554 g/mol. The van der Waals surface area contributed by atoms with Crippen LogP contribution in [0.15, 0.2) is 23.3 Å². The molecule has 0 aromatic heterocycles. The van der Waals surface area contributed by atoms with Crippen molar-refractivity contribution in [3.05, 3.63) is 23.3 Å². The summed E-state index contributed by atoms with van der Waals surface area (Å²) < 4.78 is 5.26. The number of Topliss-reactive ketones (excluding diaryl/α,β-unsaturated/α-hetero) is 1. The molecule has 0 heterocycles. The molecule has 0 radical (unpaired) electrons. The normalized spacial score (nSPS) is 29.2. The van der Waals surface area contributed by atoms with Crippen LogP contribution in [-0.4, -0.2) is 24.6 Å². The lowest BCUT2D eigenvalue weighted by molar-refractivity contribution is -0.149. The molecule has 1 saturated carbocycles. The molecule has 5 atom stereocenters. The highest BCUT2D eigenvalue weighted by atomic mass is 16.5. The fourth-order valence-corrected chi connectivity index (χ4v) is 8.22. The molecule has 2 aliphatic carbocycles. The minimum atomic E-state index is -0.691. The zero-order chi connectivity index (χ0) is 30.9. The highest BCUT2D eigenvalue weighted by molar-refractivity contribution is 6.04. The molecule has 2 rings (SSSR count). The maximum absolute atomic E-state index is 13.2. The van der Waals surface area contributed by atoms with Crippen LogP contribution in [0, 0.1) is 56.2 Å². The Kier molecular flexibility index (Phi) is 10.1. The first-order valence-corrected chi connectivity index (χ1v) is 15.2. The first-order valence-electron chi connectivity index (χ1n) is 15.2. The molecule has 0 aromatic carbocycles. The van der Waals surface area contributed by atoms with E-state index in [-0.39, 0.29) is 57.1 Å². The lowest BCUT2D eigenvalue weighted by Gasteiger charge is -2.61. The van der Waals surface area contributed by atoms with E-state index in [0.717, 1.165) is 50.5 Å². The molecule has 5 nitrogen and oxygen atoms in total. The molecule has 1 unspecified atom stereocenters. The zero-order valence-corrected chi connectivity index (χ0v) is 27.4. The number of hydrogen-bond acceptors (Lipinski definition) is 5. The third-order valence-corrected chi connectivity index (χ3v) is 11.1. The Hall–Kier alpha value is -2.22. The number of hydrogen-bond donors (Lipinski definition) is 0. The highest BCUT2D eigenvalue weighted by Gasteiger charge is 2.61. The van der Waals surface area contributed by atoms with Crippen LogP contribution in [0.1, 0.15) is 121 Å². The van der Waals surface area contributed by atoms with Crippen molar-refractivity contribution in [2.45, 2.75) is 121 Å². The number of fused-ring (bicyclic) bond motifs is 1. The van der Waals surface area contributed by atoms with Gasteiger partial charge >= 0.3 is 5.97 Å². The van der Waals surface area contributed by atoms with E-state index >= 15 is 0 Å². The largest absolute Gasteiger partial charge is 0.469 e. The van der Waals surface area contributed by atoms with E-state index in [4.69, 9.17) is 4.74 Å². The Morgan fingerprint density at radius 1 is 1.18 bits per heavy atom. The van der Waals surface area contributed by atoms with Gasteiger partial charge in [-0.1, -0.05) is 87.3 Å². The van der Waals surface area contributed by atoms with Crippen molar-refractivity contribution >= 4 is 17.5 Å². The van der Waals surface area contributed by atoms with Crippen LogP contribution in [0.4, 0.5) is 0 Å². The van der Waals surface area contributed by atoms with Crippen LogP contribution in [0.5, 0.6) is 0 Å². The van der Waals surface area contributed by atoms with E-state index in [2.05, 4.69) is 61.5 Å². The maximum Gasteiger partial charge on any atom is 0.308 e. The monoisotopic (exact) mass is 553 g/mol. The highest BCUT2D eigenvalue weighted by Crippen LogP contribution is 2.67. The summed E-state index contributed by atoms with van der Waals surface area (Å²) in [6.07, 6.45) is 10.0. The summed E-state index contributed by atoms with van der Waals surface area (Å²) in [5.74, 6) is -0.262. The maximum atomic E-state index is 13.2. The summed E-state index contributed by atoms with van der Waals surface area (Å²) in [7, 11) is 1.48. The van der Waals surface area contributed by atoms with Gasteiger partial charge < -0.3 is 4.74 Å². The third kappa shape index (κ3) is 6.32. The second-order valence-electron chi connectivity index (χ2n) is 15.2. The number of nitrogens with zero attached hydrogens (tertiary/aromatic N) is 1. The van der Waals surface area contributed by atoms with Gasteiger partial charge in [-0.25, -0.2) is 0 Å². The van der Waals surface area contributed by atoms with Gasteiger partial charge in [0.25, 0.3) is 0 Å². The van der Waals surface area contributed by atoms with Crippen LogP contribution in [0.3, 0.4) is 0 Å². The fourth-order valence-electron chi connectivity index (χ4n) is 8.22. The van der Waals surface area contributed by atoms with Gasteiger partial charge in [0.1, 0.15) is 6.07 Å². The van der Waals surface area contributed by atoms with E-state index in [1.807, 2.05) is 19.9 Å². The van der Waals surface area contributed by atoms with E-state index in [1.54, 1.807) is 13.0 Å². The van der Waals surface area contributed by atoms with Crippen molar-refractivity contribution in [1.29, 1.82) is 5.26 Å². The van der Waals surface area contributed by atoms with Crippen LogP contribution in [0.25, 0.3) is 0 Å². The lowest BCUT2D eigenvalue weighted by Crippen LogP contribution is -2.55. The van der Waals surface area contributed by atoms with Gasteiger partial charge in [-0.2, -0.15) is 5.26 Å². The minimum Gasteiger partial charge on any atom is -0.469 e. The number of ether oxygens (including phenoxy) is 1. The predicted molar refractivity (Wildman–Crippen MR) is 161 cm³/mol. The van der Waals surface area contributed by atoms with Crippen LogP contribution in [0.2, 0.25) is 0 Å². The van der Waals surface area contributed by atoms with Crippen LogP contribution in [-0.2, 0) is 19.1 Å². The first kappa shape index (κ1) is 34.0. The van der Waals surface area contributed by atoms with E-state index < -0.39 is 10.8 Å². The Morgan fingerprint density at radius 3 is 2.27 bits per heavy atom. The molecular formula is C35H55NO4. The smallest absolute Gasteiger partial charge is 0.308 e. The molecule has 5 heteroatoms. The number of methoxy groups -OCH3 is 1. The first-order chi connectivity index (χ1) is 18.2. The summed E-state index contributed by atoms with van der Waals surface area (Å²) in [5.41, 5.74) is -0.523. The second kappa shape index (κ2) is 11.9. The van der Waals surface area contributed by atoms with Gasteiger partial charge in [-0.05, 0) is 79.6 Å². The molecule has 0 saturated heterocycles. The van der Waals surface area contributed by atoms with Crippen molar-refractivity contribution in [1.82, 2.24) is 0 Å². The summed E-state index contributed by atoms with van der Waals surface area (Å²) in [6, 6.07) is 2.16. The zero-order valence-electron chi connectivity index (χ0n) is 27.4. The second-order valence-corrected chi connectivity index (χ2v) is 15.2. The van der Waals surface area contributed by atoms with Gasteiger partial charge in [0.05, 0.1) is 18.6 Å². The van der Waals surface area contributed by atoms with Gasteiger partial charge in [0.15, 0.2) is 11.6 Å². The predicted octanol–water partition coefficient (Wildman–Crippen LogP) is 8.43. The number of carbonyl (C=O) groups is 3. The van der Waals surface area contributed by atoms with Crippen LogP contribution >= 0.6 is 0 Å². The topological polar surface area (TPSA) is 84.2 Å². The fraction of sp³-hybridized carbons (Fsp3) is 0.771. The summed E-state index contributed by atoms with van der Waals surface area (Å²) in [5, 5.41) is 9.87. The minimum absolute atomic E-state index is 0.00232.